The predicted molar refractivity (Wildman–Crippen MR) is 115 cm³/mol. The standard InChI is InChI=1S/C20H19N5O6S/c1-12-7-9-15(10-8-12)32(30,31)19-16(5-4-6-17(19)25(28)29)20(23-27)24-18(21-14(3)26)11-13(2)22-24/h4-11,20H,1-3H3,(H,21,26). The van der Waals surface area contributed by atoms with Crippen LogP contribution in [0.15, 0.2) is 63.5 Å². The number of hydrogen-bond acceptors (Lipinski definition) is 8. The predicted octanol–water partition coefficient (Wildman–Crippen LogP) is 3.51. The van der Waals surface area contributed by atoms with E-state index in [0.29, 0.717) is 5.69 Å². The number of sulfone groups is 1. The van der Waals surface area contributed by atoms with E-state index in [1.54, 1.807) is 26.0 Å². The summed E-state index contributed by atoms with van der Waals surface area (Å²) < 4.78 is 28.0. The van der Waals surface area contributed by atoms with Crippen molar-refractivity contribution in [2.75, 3.05) is 5.32 Å². The maximum atomic E-state index is 13.5. The minimum atomic E-state index is -4.42. The molecule has 0 aliphatic rings. The van der Waals surface area contributed by atoms with E-state index in [1.165, 1.54) is 37.3 Å². The van der Waals surface area contributed by atoms with Crippen LogP contribution < -0.4 is 5.32 Å². The number of nitrogens with one attached hydrogen (secondary N) is 1. The number of benzene rings is 2. The van der Waals surface area contributed by atoms with Crippen LogP contribution in [-0.4, -0.2) is 29.0 Å². The zero-order valence-electron chi connectivity index (χ0n) is 17.3. The number of aryl methyl sites for hydroxylation is 2. The van der Waals surface area contributed by atoms with E-state index in [2.05, 4.69) is 15.6 Å². The summed E-state index contributed by atoms with van der Waals surface area (Å²) in [6, 6.07) is 10.8. The number of carbonyl (C=O) groups is 1. The fourth-order valence-electron chi connectivity index (χ4n) is 3.23. The van der Waals surface area contributed by atoms with E-state index in [0.717, 1.165) is 16.3 Å². The average molecular weight is 457 g/mol. The lowest BCUT2D eigenvalue weighted by Crippen LogP contribution is -2.19. The van der Waals surface area contributed by atoms with Crippen LogP contribution in [-0.2, 0) is 14.6 Å². The lowest BCUT2D eigenvalue weighted by molar-refractivity contribution is -0.388. The Morgan fingerprint density at radius 3 is 2.41 bits per heavy atom. The van der Waals surface area contributed by atoms with E-state index in [4.69, 9.17) is 0 Å². The van der Waals surface area contributed by atoms with Gasteiger partial charge in [0.25, 0.3) is 5.69 Å². The largest absolute Gasteiger partial charge is 0.311 e. The number of hydrogen-bond donors (Lipinski definition) is 1. The molecular formula is C20H19N5O6S. The fraction of sp³-hybridized carbons (Fsp3) is 0.200. The highest BCUT2D eigenvalue weighted by Crippen LogP contribution is 2.38. The third-order valence-corrected chi connectivity index (χ3v) is 6.47. The van der Waals surface area contributed by atoms with Crippen LogP contribution in [0.25, 0.3) is 0 Å². The van der Waals surface area contributed by atoms with E-state index in [1.807, 2.05) is 0 Å². The van der Waals surface area contributed by atoms with Crippen LogP contribution in [0.4, 0.5) is 11.5 Å². The van der Waals surface area contributed by atoms with Crippen LogP contribution in [0.2, 0.25) is 0 Å². The molecule has 3 rings (SSSR count). The first-order valence-corrected chi connectivity index (χ1v) is 10.8. The SMILES string of the molecule is CC(=O)Nc1cc(C)nn1C(N=O)c1cccc([N+](=O)[O-])c1S(=O)(=O)c1ccc(C)cc1. The van der Waals surface area contributed by atoms with Crippen molar-refractivity contribution in [1.29, 1.82) is 0 Å². The Hall–Kier alpha value is -3.93. The van der Waals surface area contributed by atoms with Crippen molar-refractivity contribution in [3.8, 4) is 0 Å². The molecule has 1 unspecified atom stereocenters. The minimum Gasteiger partial charge on any atom is -0.311 e. The first-order valence-electron chi connectivity index (χ1n) is 9.31. The average Bonchev–Trinajstić information content (AvgIpc) is 3.07. The second-order valence-corrected chi connectivity index (χ2v) is 8.93. The molecule has 0 aliphatic carbocycles. The number of nitroso groups, excluding NO2 is 1. The summed E-state index contributed by atoms with van der Waals surface area (Å²) in [5.41, 5.74) is 0.257. The molecule has 1 N–H and O–H groups in total. The van der Waals surface area contributed by atoms with Crippen molar-refractivity contribution in [3.05, 3.63) is 80.4 Å². The number of amides is 1. The molecule has 11 nitrogen and oxygen atoms in total. The molecule has 0 saturated carbocycles. The van der Waals surface area contributed by atoms with Gasteiger partial charge in [-0.15, -0.1) is 4.91 Å². The number of carbonyl (C=O) groups excluding carboxylic acids is 1. The summed E-state index contributed by atoms with van der Waals surface area (Å²) in [6.07, 6.45) is -1.60. The smallest absolute Gasteiger partial charge is 0.288 e. The maximum Gasteiger partial charge on any atom is 0.288 e. The Bertz CT molecular complexity index is 1310. The lowest BCUT2D eigenvalue weighted by atomic mass is 10.1. The van der Waals surface area contributed by atoms with Crippen molar-refractivity contribution < 1.29 is 18.1 Å². The van der Waals surface area contributed by atoms with Crippen LogP contribution >= 0.6 is 0 Å². The number of nitrogens with zero attached hydrogens (tertiary/aromatic N) is 4. The van der Waals surface area contributed by atoms with E-state index >= 15 is 0 Å². The minimum absolute atomic E-state index is 0.0878. The number of aromatic nitrogens is 2. The van der Waals surface area contributed by atoms with Gasteiger partial charge in [0.15, 0.2) is 4.90 Å². The highest BCUT2D eigenvalue weighted by atomic mass is 32.2. The summed E-state index contributed by atoms with van der Waals surface area (Å²) >= 11 is 0. The molecule has 0 aliphatic heterocycles. The molecule has 3 aromatic rings. The Morgan fingerprint density at radius 1 is 1.19 bits per heavy atom. The van der Waals surface area contributed by atoms with Crippen LogP contribution in [0.3, 0.4) is 0 Å². The lowest BCUT2D eigenvalue weighted by Gasteiger charge is -2.17. The van der Waals surface area contributed by atoms with Crippen molar-refractivity contribution in [1.82, 2.24) is 9.78 Å². The van der Waals surface area contributed by atoms with Gasteiger partial charge in [0, 0.05) is 24.6 Å². The highest BCUT2D eigenvalue weighted by molar-refractivity contribution is 7.91. The topological polar surface area (TPSA) is 154 Å². The molecule has 2 aromatic carbocycles. The number of nitro benzene ring substituents is 1. The molecule has 0 spiro atoms. The van der Waals surface area contributed by atoms with Gasteiger partial charge in [-0.25, -0.2) is 13.1 Å². The van der Waals surface area contributed by atoms with E-state index in [9.17, 15) is 28.2 Å². The van der Waals surface area contributed by atoms with Crippen LogP contribution in [0, 0.1) is 28.9 Å². The molecule has 166 valence electrons. The van der Waals surface area contributed by atoms with Crippen LogP contribution in [0.5, 0.6) is 0 Å². The molecule has 1 aromatic heterocycles. The zero-order valence-corrected chi connectivity index (χ0v) is 18.2. The van der Waals surface area contributed by atoms with Crippen molar-refractivity contribution in [2.24, 2.45) is 5.18 Å². The molecule has 0 saturated heterocycles. The number of anilines is 1. The quantitative estimate of drug-likeness (QED) is 0.323. The van der Waals surface area contributed by atoms with Crippen molar-refractivity contribution in [2.45, 2.75) is 36.7 Å². The van der Waals surface area contributed by atoms with Gasteiger partial charge < -0.3 is 5.32 Å². The third kappa shape index (κ3) is 4.25. The van der Waals surface area contributed by atoms with Gasteiger partial charge in [-0.1, -0.05) is 29.8 Å². The summed E-state index contributed by atoms with van der Waals surface area (Å²) in [5, 5.41) is 21.4. The Morgan fingerprint density at radius 2 is 1.84 bits per heavy atom. The number of nitro groups is 1. The maximum absolute atomic E-state index is 13.5. The van der Waals surface area contributed by atoms with Gasteiger partial charge >= 0.3 is 0 Å². The van der Waals surface area contributed by atoms with Gasteiger partial charge in [-0.2, -0.15) is 5.10 Å². The summed E-state index contributed by atoms with van der Waals surface area (Å²) in [4.78, 5) is 33.5. The summed E-state index contributed by atoms with van der Waals surface area (Å²) in [6.45, 7) is 4.61. The van der Waals surface area contributed by atoms with E-state index in [-0.39, 0.29) is 16.3 Å². The summed E-state index contributed by atoms with van der Waals surface area (Å²) in [7, 11) is -4.42. The van der Waals surface area contributed by atoms with Crippen LogP contribution in [0.1, 0.15) is 29.9 Å². The van der Waals surface area contributed by atoms with Gasteiger partial charge in [-0.3, -0.25) is 14.9 Å². The van der Waals surface area contributed by atoms with E-state index < -0.39 is 37.4 Å². The third-order valence-electron chi connectivity index (χ3n) is 4.59. The van der Waals surface area contributed by atoms with Gasteiger partial charge in [-0.05, 0) is 31.2 Å². The fourth-order valence-corrected chi connectivity index (χ4v) is 4.86. The first-order chi connectivity index (χ1) is 15.1. The molecular weight excluding hydrogens is 438 g/mol. The van der Waals surface area contributed by atoms with Gasteiger partial charge in [0.05, 0.1) is 15.5 Å². The molecule has 0 radical (unpaired) electrons. The Kier molecular flexibility index (Phi) is 6.16. The molecule has 12 heteroatoms. The number of rotatable bonds is 7. The monoisotopic (exact) mass is 457 g/mol. The Labute approximate surface area is 183 Å². The molecule has 1 atom stereocenters. The highest BCUT2D eigenvalue weighted by Gasteiger charge is 2.35. The van der Waals surface area contributed by atoms with Crippen molar-refractivity contribution >= 4 is 27.2 Å². The second kappa shape index (κ2) is 8.67. The second-order valence-electron chi connectivity index (χ2n) is 7.04. The Balaban J connectivity index is 2.31. The van der Waals surface area contributed by atoms with Crippen molar-refractivity contribution in [3.63, 3.8) is 0 Å². The van der Waals surface area contributed by atoms with Gasteiger partial charge in [0.2, 0.25) is 21.9 Å². The zero-order chi connectivity index (χ0) is 23.6. The normalized spacial score (nSPS) is 12.2. The summed E-state index contributed by atoms with van der Waals surface area (Å²) in [5.74, 6) is -0.368. The molecule has 0 bridgehead atoms. The molecule has 1 amide bonds. The molecule has 32 heavy (non-hydrogen) atoms. The molecule has 0 fully saturated rings. The molecule has 1 heterocycles. The first kappa shape index (κ1) is 22.7. The van der Waals surface area contributed by atoms with Gasteiger partial charge in [0.1, 0.15) is 5.82 Å².